The molecule has 0 atom stereocenters. The van der Waals surface area contributed by atoms with Gasteiger partial charge in [-0.1, -0.05) is 60.7 Å². The number of hydrogen-bond acceptors (Lipinski definition) is 2. The normalized spacial score (nSPS) is 11.8. The van der Waals surface area contributed by atoms with Crippen LogP contribution in [0.1, 0.15) is 5.56 Å². The second-order valence-corrected chi connectivity index (χ2v) is 9.24. The van der Waals surface area contributed by atoms with Crippen LogP contribution in [0.5, 0.6) is 0 Å². The van der Waals surface area contributed by atoms with E-state index in [0.717, 1.165) is 50.3 Å². The fourth-order valence-corrected chi connectivity index (χ4v) is 5.74. The number of benzene rings is 5. The van der Waals surface area contributed by atoms with E-state index in [4.69, 9.17) is 4.98 Å². The highest BCUT2D eigenvalue weighted by Gasteiger charge is 2.20. The number of hydrogen-bond donors (Lipinski definition) is 0. The number of aromatic nitrogens is 4. The molecule has 0 bridgehead atoms. The third-order valence-corrected chi connectivity index (χ3v) is 7.29. The summed E-state index contributed by atoms with van der Waals surface area (Å²) in [4.78, 5) is 4.97. The third-order valence-electron chi connectivity index (χ3n) is 7.29. The standard InChI is InChI=1S/C32H19N5/c33-20-21-19-22(35-27-12-4-1-9-23(27)24-10-2-5-13-28(24)35)17-18-26(21)36-30-15-7-8-16-31(30)37-29-14-6-3-11-25(29)34-32(36)37/h1-19H. The number of nitriles is 1. The minimum absolute atomic E-state index is 0.592. The summed E-state index contributed by atoms with van der Waals surface area (Å²) < 4.78 is 6.51. The first kappa shape index (κ1) is 19.9. The fraction of sp³-hybridized carbons (Fsp3) is 0. The van der Waals surface area contributed by atoms with Crippen molar-refractivity contribution in [3.63, 3.8) is 0 Å². The molecule has 37 heavy (non-hydrogen) atoms. The molecule has 0 amide bonds. The van der Waals surface area contributed by atoms with E-state index in [2.05, 4.69) is 92.4 Å². The van der Waals surface area contributed by atoms with Gasteiger partial charge in [-0.25, -0.2) is 4.98 Å². The quantitative estimate of drug-likeness (QED) is 0.263. The highest BCUT2D eigenvalue weighted by Crippen LogP contribution is 2.34. The largest absolute Gasteiger partial charge is 0.309 e. The van der Waals surface area contributed by atoms with Crippen molar-refractivity contribution < 1.29 is 0 Å². The lowest BCUT2D eigenvalue weighted by Gasteiger charge is -2.12. The second-order valence-electron chi connectivity index (χ2n) is 9.24. The van der Waals surface area contributed by atoms with Gasteiger partial charge in [0.15, 0.2) is 0 Å². The molecule has 5 nitrogen and oxygen atoms in total. The molecule has 0 aliphatic heterocycles. The molecule has 0 N–H and O–H groups in total. The lowest BCUT2D eigenvalue weighted by atomic mass is 10.1. The highest BCUT2D eigenvalue weighted by molar-refractivity contribution is 6.09. The molecule has 172 valence electrons. The van der Waals surface area contributed by atoms with Crippen molar-refractivity contribution in [1.29, 1.82) is 5.26 Å². The summed E-state index contributed by atoms with van der Waals surface area (Å²) in [7, 11) is 0. The van der Waals surface area contributed by atoms with E-state index in [1.807, 2.05) is 42.5 Å². The van der Waals surface area contributed by atoms with Gasteiger partial charge in [0.2, 0.25) is 5.78 Å². The van der Waals surface area contributed by atoms with Crippen molar-refractivity contribution in [3.8, 4) is 17.4 Å². The summed E-state index contributed by atoms with van der Waals surface area (Å²) in [5, 5.41) is 12.7. The van der Waals surface area contributed by atoms with Crippen molar-refractivity contribution in [2.45, 2.75) is 0 Å². The molecule has 5 heteroatoms. The first-order chi connectivity index (χ1) is 18.3. The van der Waals surface area contributed by atoms with Crippen LogP contribution in [0.2, 0.25) is 0 Å². The zero-order chi connectivity index (χ0) is 24.5. The maximum absolute atomic E-state index is 10.3. The maximum atomic E-state index is 10.3. The molecule has 0 unspecified atom stereocenters. The Hall–Kier alpha value is -5.34. The van der Waals surface area contributed by atoms with E-state index in [1.54, 1.807) is 0 Å². The van der Waals surface area contributed by atoms with Crippen LogP contribution >= 0.6 is 0 Å². The Morgan fingerprint density at radius 3 is 1.86 bits per heavy atom. The Morgan fingerprint density at radius 2 is 1.16 bits per heavy atom. The van der Waals surface area contributed by atoms with Crippen LogP contribution < -0.4 is 0 Å². The fourth-order valence-electron chi connectivity index (χ4n) is 5.74. The molecule has 0 radical (unpaired) electrons. The maximum Gasteiger partial charge on any atom is 0.220 e. The molecular weight excluding hydrogens is 454 g/mol. The van der Waals surface area contributed by atoms with Gasteiger partial charge in [-0.15, -0.1) is 0 Å². The summed E-state index contributed by atoms with van der Waals surface area (Å²) in [5.41, 5.74) is 8.65. The van der Waals surface area contributed by atoms with Crippen molar-refractivity contribution in [3.05, 3.63) is 121 Å². The molecule has 8 rings (SSSR count). The van der Waals surface area contributed by atoms with Gasteiger partial charge in [-0.3, -0.25) is 8.97 Å². The molecule has 0 aliphatic rings. The van der Waals surface area contributed by atoms with Crippen LogP contribution in [-0.4, -0.2) is 18.5 Å². The van der Waals surface area contributed by atoms with E-state index in [0.29, 0.717) is 5.56 Å². The molecule has 0 saturated carbocycles. The summed E-state index contributed by atoms with van der Waals surface area (Å²) in [6.45, 7) is 0. The third kappa shape index (κ3) is 2.64. The minimum Gasteiger partial charge on any atom is -0.309 e. The smallest absolute Gasteiger partial charge is 0.220 e. The zero-order valence-electron chi connectivity index (χ0n) is 19.7. The molecule has 5 aromatic carbocycles. The van der Waals surface area contributed by atoms with Crippen LogP contribution in [0.25, 0.3) is 61.0 Å². The Labute approximate surface area is 211 Å². The van der Waals surface area contributed by atoms with Crippen molar-refractivity contribution in [2.24, 2.45) is 0 Å². The zero-order valence-corrected chi connectivity index (χ0v) is 19.7. The van der Waals surface area contributed by atoms with E-state index >= 15 is 0 Å². The lowest BCUT2D eigenvalue weighted by Crippen LogP contribution is -2.01. The molecule has 0 saturated heterocycles. The minimum atomic E-state index is 0.592. The second kappa shape index (κ2) is 7.33. The number of fused-ring (bicyclic) bond motifs is 8. The molecule has 8 aromatic rings. The Balaban J connectivity index is 1.44. The van der Waals surface area contributed by atoms with Gasteiger partial charge in [0.05, 0.1) is 44.4 Å². The summed E-state index contributed by atoms with van der Waals surface area (Å²) >= 11 is 0. The number of imidazole rings is 2. The predicted molar refractivity (Wildman–Crippen MR) is 149 cm³/mol. The molecule has 3 heterocycles. The van der Waals surface area contributed by atoms with Crippen LogP contribution in [-0.2, 0) is 0 Å². The van der Waals surface area contributed by atoms with E-state index < -0.39 is 0 Å². The van der Waals surface area contributed by atoms with Gasteiger partial charge in [0.25, 0.3) is 0 Å². The Morgan fingerprint density at radius 1 is 0.568 bits per heavy atom. The SMILES string of the molecule is N#Cc1cc(-n2c3ccccc3c3ccccc32)ccc1-n1c2ccccc2n2c3ccccc3nc12. The lowest BCUT2D eigenvalue weighted by molar-refractivity contribution is 1.09. The average molecular weight is 474 g/mol. The summed E-state index contributed by atoms with van der Waals surface area (Å²) in [6, 6.07) is 41.8. The topological polar surface area (TPSA) is 51.0 Å². The van der Waals surface area contributed by atoms with E-state index in [9.17, 15) is 5.26 Å². The van der Waals surface area contributed by atoms with E-state index in [1.165, 1.54) is 10.8 Å². The first-order valence-corrected chi connectivity index (χ1v) is 12.2. The number of para-hydroxylation sites is 6. The molecule has 0 aliphatic carbocycles. The van der Waals surface area contributed by atoms with Gasteiger partial charge in [0, 0.05) is 16.5 Å². The summed E-state index contributed by atoms with van der Waals surface area (Å²) in [5.74, 6) is 0.795. The van der Waals surface area contributed by atoms with Crippen molar-refractivity contribution in [1.82, 2.24) is 18.5 Å². The van der Waals surface area contributed by atoms with Gasteiger partial charge < -0.3 is 4.57 Å². The monoisotopic (exact) mass is 473 g/mol. The van der Waals surface area contributed by atoms with Crippen LogP contribution in [0, 0.1) is 11.3 Å². The molecular formula is C32H19N5. The molecule has 0 fully saturated rings. The Bertz CT molecular complexity index is 2160. The van der Waals surface area contributed by atoms with Crippen LogP contribution in [0.4, 0.5) is 0 Å². The van der Waals surface area contributed by atoms with Gasteiger partial charge in [-0.2, -0.15) is 5.26 Å². The molecule has 0 spiro atoms. The van der Waals surface area contributed by atoms with Crippen molar-refractivity contribution in [2.75, 3.05) is 0 Å². The Kier molecular flexibility index (Phi) is 3.94. The van der Waals surface area contributed by atoms with Crippen LogP contribution in [0.15, 0.2) is 115 Å². The van der Waals surface area contributed by atoms with Gasteiger partial charge in [0.1, 0.15) is 6.07 Å². The van der Waals surface area contributed by atoms with Crippen molar-refractivity contribution >= 4 is 49.7 Å². The van der Waals surface area contributed by atoms with Gasteiger partial charge >= 0.3 is 0 Å². The first-order valence-electron chi connectivity index (χ1n) is 12.2. The predicted octanol–water partition coefficient (Wildman–Crippen LogP) is 7.40. The van der Waals surface area contributed by atoms with Gasteiger partial charge in [-0.05, 0) is 54.6 Å². The highest BCUT2D eigenvalue weighted by atomic mass is 15.2. The molecule has 3 aromatic heterocycles. The van der Waals surface area contributed by atoms with E-state index in [-0.39, 0.29) is 0 Å². The average Bonchev–Trinajstić information content (AvgIpc) is 3.60. The summed E-state index contributed by atoms with van der Waals surface area (Å²) in [6.07, 6.45) is 0. The van der Waals surface area contributed by atoms with Crippen LogP contribution in [0.3, 0.4) is 0 Å². The number of rotatable bonds is 2. The number of nitrogens with zero attached hydrogens (tertiary/aromatic N) is 5.